The fourth-order valence-electron chi connectivity index (χ4n) is 4.81. The van der Waals surface area contributed by atoms with Crippen LogP contribution in [0, 0.1) is 0 Å². The molecule has 3 aliphatic rings. The molecule has 2 heterocycles. The zero-order valence-corrected chi connectivity index (χ0v) is 19.5. The van der Waals surface area contributed by atoms with E-state index in [1.54, 1.807) is 20.0 Å². The van der Waals surface area contributed by atoms with Gasteiger partial charge in [-0.1, -0.05) is 6.92 Å². The molecule has 1 saturated heterocycles. The molecule has 10 N–H and O–H groups in total. The van der Waals surface area contributed by atoms with Crippen LogP contribution < -0.4 is 27.8 Å². The summed E-state index contributed by atoms with van der Waals surface area (Å²) in [5, 5.41) is 27.3. The fraction of sp³-hybridized carbons (Fsp3) is 0.905. The van der Waals surface area contributed by atoms with E-state index in [2.05, 4.69) is 10.6 Å². The van der Waals surface area contributed by atoms with Crippen LogP contribution in [-0.4, -0.2) is 104 Å². The van der Waals surface area contributed by atoms with Crippen molar-refractivity contribution in [2.75, 3.05) is 26.7 Å². The molecule has 192 valence electrons. The van der Waals surface area contributed by atoms with E-state index >= 15 is 4.39 Å². The molecule has 11 nitrogen and oxygen atoms in total. The molecule has 0 aromatic heterocycles. The zero-order chi connectivity index (χ0) is 24.3. The molecule has 2 fully saturated rings. The van der Waals surface area contributed by atoms with Gasteiger partial charge in [0.2, 0.25) is 6.29 Å². The first kappa shape index (κ1) is 26.7. The number of nitrogens with one attached hydrogen (secondary N) is 2. The lowest BCUT2D eigenvalue weighted by Gasteiger charge is -2.48. The molecule has 0 amide bonds. The summed E-state index contributed by atoms with van der Waals surface area (Å²) in [5.41, 5.74) is 16.8. The summed E-state index contributed by atoms with van der Waals surface area (Å²) in [6, 6.07) is -2.30. The third kappa shape index (κ3) is 5.84. The smallest absolute Gasteiger partial charge is 0.215 e. The third-order valence-electron chi connectivity index (χ3n) is 6.60. The lowest BCUT2D eigenvalue weighted by atomic mass is 9.84. The molecule has 0 aromatic carbocycles. The number of aliphatic hydroxyl groups is 2. The van der Waals surface area contributed by atoms with E-state index in [1.807, 2.05) is 6.92 Å². The average Bonchev–Trinajstić information content (AvgIpc) is 2.76. The summed E-state index contributed by atoms with van der Waals surface area (Å²) in [4.78, 5) is 0. The van der Waals surface area contributed by atoms with Crippen molar-refractivity contribution in [3.63, 3.8) is 0 Å². The van der Waals surface area contributed by atoms with Crippen LogP contribution >= 0.6 is 0 Å². The van der Waals surface area contributed by atoms with E-state index < -0.39 is 66.8 Å². The highest BCUT2D eigenvalue weighted by molar-refractivity contribution is 5.05. The minimum Gasteiger partial charge on any atom is -0.467 e. The molecule has 2 aliphatic heterocycles. The van der Waals surface area contributed by atoms with Crippen molar-refractivity contribution < 1.29 is 33.6 Å². The molecular formula is C21H40FN5O6. The molecule has 3 rings (SSSR count). The number of rotatable bonds is 8. The summed E-state index contributed by atoms with van der Waals surface area (Å²) in [6.45, 7) is 4.11. The molecule has 1 aliphatic carbocycles. The van der Waals surface area contributed by atoms with Gasteiger partial charge in [0.05, 0.1) is 25.2 Å². The van der Waals surface area contributed by atoms with E-state index in [9.17, 15) is 10.2 Å². The minimum atomic E-state index is -1.66. The van der Waals surface area contributed by atoms with Crippen molar-refractivity contribution >= 4 is 0 Å². The lowest BCUT2D eigenvalue weighted by Crippen LogP contribution is -2.68. The Bertz CT molecular complexity index is 673. The van der Waals surface area contributed by atoms with E-state index in [4.69, 9.17) is 36.1 Å². The Morgan fingerprint density at radius 3 is 2.58 bits per heavy atom. The second kappa shape index (κ2) is 11.2. The van der Waals surface area contributed by atoms with Crippen molar-refractivity contribution in [1.29, 1.82) is 0 Å². The maximum absolute atomic E-state index is 15.9. The molecule has 1 saturated carbocycles. The molecule has 33 heavy (non-hydrogen) atoms. The SMILES string of the molecule is CCN[C@@H]1C[C@H](N)[C@@H](O[C@H]2OC(CN)=CC[C@H]2N)[C@H](F)[C@H]1O[C@H]1OC[C@](C)(O)[C@H](NC)[C@H]1O. The Hall–Kier alpha value is -0.930. The number of ether oxygens (including phenoxy) is 4. The fourth-order valence-corrected chi connectivity index (χ4v) is 4.81. The quantitative estimate of drug-likeness (QED) is 0.201. The number of likely N-dealkylation sites (N-methyl/N-ethyl adjacent to an activating group) is 2. The van der Waals surface area contributed by atoms with Gasteiger partial charge in [0.25, 0.3) is 0 Å². The van der Waals surface area contributed by atoms with E-state index in [0.717, 1.165) is 0 Å². The first-order valence-electron chi connectivity index (χ1n) is 11.6. The van der Waals surface area contributed by atoms with Gasteiger partial charge < -0.3 is 57.0 Å². The van der Waals surface area contributed by atoms with Gasteiger partial charge in [-0.15, -0.1) is 0 Å². The minimum absolute atomic E-state index is 0.0891. The highest BCUT2D eigenvalue weighted by atomic mass is 19.1. The van der Waals surface area contributed by atoms with Gasteiger partial charge in [-0.25, -0.2) is 4.39 Å². The predicted octanol–water partition coefficient (Wildman–Crippen LogP) is -2.22. The summed E-state index contributed by atoms with van der Waals surface area (Å²) >= 11 is 0. The van der Waals surface area contributed by atoms with Crippen molar-refractivity contribution in [2.45, 2.75) is 93.5 Å². The van der Waals surface area contributed by atoms with Gasteiger partial charge in [-0.05, 0) is 39.4 Å². The molecular weight excluding hydrogens is 437 g/mol. The first-order chi connectivity index (χ1) is 15.6. The summed E-state index contributed by atoms with van der Waals surface area (Å²) in [6.07, 6.45) is -4.37. The molecule has 12 heteroatoms. The summed E-state index contributed by atoms with van der Waals surface area (Å²) < 4.78 is 39.1. The normalized spacial score (nSPS) is 46.5. The van der Waals surface area contributed by atoms with Gasteiger partial charge >= 0.3 is 0 Å². The van der Waals surface area contributed by atoms with Crippen LogP contribution in [0.4, 0.5) is 4.39 Å². The number of aliphatic hydroxyl groups excluding tert-OH is 1. The Kier molecular flexibility index (Phi) is 9.06. The zero-order valence-electron chi connectivity index (χ0n) is 19.5. The molecule has 0 bridgehead atoms. The van der Waals surface area contributed by atoms with Crippen LogP contribution in [-0.2, 0) is 18.9 Å². The number of hydrogen-bond acceptors (Lipinski definition) is 11. The molecule has 0 unspecified atom stereocenters. The summed E-state index contributed by atoms with van der Waals surface area (Å²) in [7, 11) is 1.62. The second-order valence-electron chi connectivity index (χ2n) is 9.26. The topological polar surface area (TPSA) is 180 Å². The van der Waals surface area contributed by atoms with Gasteiger partial charge in [0.15, 0.2) is 12.5 Å². The maximum Gasteiger partial charge on any atom is 0.215 e. The van der Waals surface area contributed by atoms with Gasteiger partial charge in [-0.3, -0.25) is 0 Å². The van der Waals surface area contributed by atoms with Gasteiger partial charge in [0.1, 0.15) is 29.7 Å². The van der Waals surface area contributed by atoms with Crippen LogP contribution in [0.5, 0.6) is 0 Å². The Morgan fingerprint density at radius 1 is 1.24 bits per heavy atom. The van der Waals surface area contributed by atoms with Crippen LogP contribution in [0.25, 0.3) is 0 Å². The Labute approximate surface area is 194 Å². The Balaban J connectivity index is 1.75. The standard InChI is InChI=1S/C21H40FN5O6/c1-4-27-13-7-12(25)16(32-19-11(24)6-5-10(8-23)31-19)14(22)17(13)33-20-15(28)18(26-3)21(2,29)9-30-20/h5,11-20,26-29H,4,6-9,23-25H2,1-3H3/t11-,12+,13-,14+,15-,16-,17+,18-,19-,20-,21+/m1/s1. The first-order valence-corrected chi connectivity index (χ1v) is 11.6. The van der Waals surface area contributed by atoms with Crippen LogP contribution in [0.1, 0.15) is 26.7 Å². The highest BCUT2D eigenvalue weighted by Gasteiger charge is 2.51. The highest BCUT2D eigenvalue weighted by Crippen LogP contribution is 2.33. The van der Waals surface area contributed by atoms with Gasteiger partial charge in [0, 0.05) is 12.1 Å². The number of nitrogens with two attached hydrogens (primary N) is 3. The average molecular weight is 478 g/mol. The number of alkyl halides is 1. The molecule has 0 radical (unpaired) electrons. The molecule has 11 atom stereocenters. The van der Waals surface area contributed by atoms with Crippen LogP contribution in [0.15, 0.2) is 11.8 Å². The van der Waals surface area contributed by atoms with E-state index in [0.29, 0.717) is 25.1 Å². The van der Waals surface area contributed by atoms with Gasteiger partial charge in [-0.2, -0.15) is 0 Å². The number of halogens is 1. The van der Waals surface area contributed by atoms with Crippen molar-refractivity contribution in [3.8, 4) is 0 Å². The monoisotopic (exact) mass is 477 g/mol. The summed E-state index contributed by atoms with van der Waals surface area (Å²) in [5.74, 6) is 0.531. The van der Waals surface area contributed by atoms with Crippen molar-refractivity contribution in [1.82, 2.24) is 10.6 Å². The molecule has 0 spiro atoms. The van der Waals surface area contributed by atoms with Crippen LogP contribution in [0.3, 0.4) is 0 Å². The van der Waals surface area contributed by atoms with Crippen molar-refractivity contribution in [3.05, 3.63) is 11.8 Å². The Morgan fingerprint density at radius 2 is 1.94 bits per heavy atom. The number of hydrogen-bond donors (Lipinski definition) is 7. The second-order valence-corrected chi connectivity index (χ2v) is 9.26. The van der Waals surface area contributed by atoms with Crippen molar-refractivity contribution in [2.24, 2.45) is 17.2 Å². The predicted molar refractivity (Wildman–Crippen MR) is 119 cm³/mol. The molecule has 0 aromatic rings. The third-order valence-corrected chi connectivity index (χ3v) is 6.60. The largest absolute Gasteiger partial charge is 0.467 e. The lowest BCUT2D eigenvalue weighted by molar-refractivity contribution is -0.298. The van der Waals surface area contributed by atoms with E-state index in [-0.39, 0.29) is 13.2 Å². The van der Waals surface area contributed by atoms with E-state index in [1.165, 1.54) is 0 Å². The van der Waals surface area contributed by atoms with Crippen LogP contribution in [0.2, 0.25) is 0 Å². The maximum atomic E-state index is 15.9.